The minimum atomic E-state index is -0.270. The lowest BCUT2D eigenvalue weighted by molar-refractivity contribution is -0.122. The summed E-state index contributed by atoms with van der Waals surface area (Å²) in [5.74, 6) is 0.514. The first-order chi connectivity index (χ1) is 11.8. The molecule has 0 radical (unpaired) electrons. The van der Waals surface area contributed by atoms with E-state index in [-0.39, 0.29) is 17.5 Å². The van der Waals surface area contributed by atoms with Gasteiger partial charge in [0.2, 0.25) is 5.91 Å². The Morgan fingerprint density at radius 3 is 2.36 bits per heavy atom. The van der Waals surface area contributed by atoms with Crippen molar-refractivity contribution in [3.8, 4) is 0 Å². The summed E-state index contributed by atoms with van der Waals surface area (Å²) < 4.78 is 0. The lowest BCUT2D eigenvalue weighted by Gasteiger charge is -2.26. The summed E-state index contributed by atoms with van der Waals surface area (Å²) in [4.78, 5) is 23.6. The van der Waals surface area contributed by atoms with Crippen LogP contribution in [0.5, 0.6) is 0 Å². The second-order valence-electron chi connectivity index (χ2n) is 7.29. The molecule has 0 unspecified atom stereocenters. The summed E-state index contributed by atoms with van der Waals surface area (Å²) in [7, 11) is 0. The molecule has 0 spiro atoms. The molecule has 3 amide bonds. The lowest BCUT2D eigenvalue weighted by Crippen LogP contribution is -2.45. The number of para-hydroxylation sites is 1. The molecule has 0 heterocycles. The van der Waals surface area contributed by atoms with Crippen LogP contribution >= 0.6 is 0 Å². The fraction of sp³-hybridized carbons (Fsp3) is 0.579. The number of carbonyl (C=O) groups is 2. The third kappa shape index (κ3) is 10.4. The van der Waals surface area contributed by atoms with E-state index in [9.17, 15) is 9.59 Å². The van der Waals surface area contributed by atoms with Crippen LogP contribution in [0.1, 0.15) is 40.5 Å². The number of hydrogen-bond acceptors (Lipinski definition) is 3. The van der Waals surface area contributed by atoms with Crippen molar-refractivity contribution in [1.82, 2.24) is 16.0 Å². The molecule has 0 aromatic heterocycles. The minimum Gasteiger partial charge on any atom is -0.356 e. The molecule has 0 aliphatic rings. The van der Waals surface area contributed by atoms with E-state index in [1.807, 2.05) is 44.2 Å². The summed E-state index contributed by atoms with van der Waals surface area (Å²) in [5.41, 5.74) is 0.500. The summed E-state index contributed by atoms with van der Waals surface area (Å²) in [6.07, 6.45) is 1.22. The van der Waals surface area contributed by atoms with Crippen LogP contribution in [0.25, 0.3) is 0 Å². The molecular formula is C19H32N4O2. The van der Waals surface area contributed by atoms with Gasteiger partial charge in [-0.2, -0.15) is 0 Å². The lowest BCUT2D eigenvalue weighted by atomic mass is 10.00. The second-order valence-corrected chi connectivity index (χ2v) is 7.29. The Labute approximate surface area is 151 Å². The van der Waals surface area contributed by atoms with Crippen LogP contribution in [0.3, 0.4) is 0 Å². The highest BCUT2D eigenvalue weighted by Gasteiger charge is 2.20. The molecule has 6 nitrogen and oxygen atoms in total. The molecule has 0 aliphatic heterocycles. The topological polar surface area (TPSA) is 82.3 Å². The largest absolute Gasteiger partial charge is 0.356 e. The number of anilines is 1. The van der Waals surface area contributed by atoms with Crippen LogP contribution in [-0.2, 0) is 4.79 Å². The Kier molecular flexibility index (Phi) is 8.99. The molecule has 0 atom stereocenters. The van der Waals surface area contributed by atoms with Crippen molar-refractivity contribution in [3.05, 3.63) is 30.3 Å². The first kappa shape index (κ1) is 21.0. The zero-order valence-corrected chi connectivity index (χ0v) is 15.8. The number of rotatable bonds is 10. The van der Waals surface area contributed by atoms with Gasteiger partial charge < -0.3 is 21.3 Å². The number of hydrogen-bond donors (Lipinski definition) is 4. The zero-order chi connectivity index (χ0) is 18.7. The molecule has 0 saturated heterocycles. The monoisotopic (exact) mass is 348 g/mol. The summed E-state index contributed by atoms with van der Waals surface area (Å²) in [5, 5.41) is 11.9. The zero-order valence-electron chi connectivity index (χ0n) is 15.8. The number of carbonyl (C=O) groups excluding carboxylic acids is 2. The van der Waals surface area contributed by atoms with E-state index in [4.69, 9.17) is 0 Å². The maximum atomic E-state index is 11.9. The van der Waals surface area contributed by atoms with Crippen molar-refractivity contribution in [2.75, 3.05) is 25.0 Å². The van der Waals surface area contributed by atoms with Crippen LogP contribution in [0, 0.1) is 5.92 Å². The smallest absolute Gasteiger partial charge is 0.319 e. The van der Waals surface area contributed by atoms with E-state index in [1.54, 1.807) is 0 Å². The van der Waals surface area contributed by atoms with Crippen molar-refractivity contribution in [3.63, 3.8) is 0 Å². The van der Waals surface area contributed by atoms with Crippen molar-refractivity contribution >= 4 is 17.6 Å². The molecule has 0 bridgehead atoms. The minimum absolute atomic E-state index is 0.0616. The van der Waals surface area contributed by atoms with E-state index < -0.39 is 0 Å². The first-order valence-corrected chi connectivity index (χ1v) is 8.90. The molecule has 6 heteroatoms. The van der Waals surface area contributed by atoms with Gasteiger partial charge in [-0.1, -0.05) is 32.0 Å². The Balaban J connectivity index is 2.15. The highest BCUT2D eigenvalue weighted by atomic mass is 16.2. The normalized spacial score (nSPS) is 11.2. The maximum Gasteiger partial charge on any atom is 0.319 e. The van der Waals surface area contributed by atoms with Gasteiger partial charge in [-0.3, -0.25) is 4.79 Å². The number of nitrogens with one attached hydrogen (secondary N) is 4. The third-order valence-electron chi connectivity index (χ3n) is 3.58. The van der Waals surface area contributed by atoms with E-state index in [2.05, 4.69) is 35.1 Å². The fourth-order valence-electron chi connectivity index (χ4n) is 2.26. The van der Waals surface area contributed by atoms with Gasteiger partial charge in [0.05, 0.1) is 0 Å². The summed E-state index contributed by atoms with van der Waals surface area (Å²) in [6.45, 7) is 10.2. The molecule has 0 saturated carbocycles. The average Bonchev–Trinajstić information content (AvgIpc) is 2.53. The molecule has 1 aromatic rings. The van der Waals surface area contributed by atoms with Crippen LogP contribution < -0.4 is 21.3 Å². The molecule has 1 rings (SSSR count). The quantitative estimate of drug-likeness (QED) is 0.491. The first-order valence-electron chi connectivity index (χ1n) is 8.90. The van der Waals surface area contributed by atoms with E-state index >= 15 is 0 Å². The van der Waals surface area contributed by atoms with Crippen molar-refractivity contribution in [1.29, 1.82) is 0 Å². The molecule has 0 aliphatic carbocycles. The molecule has 4 N–H and O–H groups in total. The molecular weight excluding hydrogens is 316 g/mol. The van der Waals surface area contributed by atoms with Crippen LogP contribution in [-0.4, -0.2) is 37.1 Å². The van der Waals surface area contributed by atoms with Gasteiger partial charge in [-0.05, 0) is 44.9 Å². The van der Waals surface area contributed by atoms with Gasteiger partial charge in [0, 0.05) is 30.7 Å². The van der Waals surface area contributed by atoms with Crippen molar-refractivity contribution < 1.29 is 9.59 Å². The summed E-state index contributed by atoms with van der Waals surface area (Å²) >= 11 is 0. The molecule has 1 aromatic carbocycles. The molecule has 0 fully saturated rings. The Bertz CT molecular complexity index is 529. The van der Waals surface area contributed by atoms with Gasteiger partial charge in [0.15, 0.2) is 0 Å². The third-order valence-corrected chi connectivity index (χ3v) is 3.58. The van der Waals surface area contributed by atoms with Crippen LogP contribution in [0.2, 0.25) is 0 Å². The predicted molar refractivity (Wildman–Crippen MR) is 103 cm³/mol. The van der Waals surface area contributed by atoms with Crippen molar-refractivity contribution in [2.24, 2.45) is 5.92 Å². The summed E-state index contributed by atoms with van der Waals surface area (Å²) in [6, 6.07) is 9.12. The Morgan fingerprint density at radius 1 is 1.04 bits per heavy atom. The number of amides is 3. The van der Waals surface area contributed by atoms with Gasteiger partial charge in [-0.15, -0.1) is 0 Å². The molecule has 140 valence electrons. The fourth-order valence-corrected chi connectivity index (χ4v) is 2.26. The Morgan fingerprint density at radius 2 is 1.72 bits per heavy atom. The van der Waals surface area contributed by atoms with Crippen LogP contribution in [0.15, 0.2) is 30.3 Å². The van der Waals surface area contributed by atoms with Crippen LogP contribution in [0.4, 0.5) is 10.5 Å². The maximum absolute atomic E-state index is 11.9. The van der Waals surface area contributed by atoms with Gasteiger partial charge in [0.25, 0.3) is 0 Å². The van der Waals surface area contributed by atoms with Gasteiger partial charge in [-0.25, -0.2) is 4.79 Å². The molecule has 25 heavy (non-hydrogen) atoms. The van der Waals surface area contributed by atoms with Crippen molar-refractivity contribution in [2.45, 2.75) is 46.1 Å². The highest BCUT2D eigenvalue weighted by molar-refractivity contribution is 5.89. The predicted octanol–water partition coefficient (Wildman–Crippen LogP) is 2.73. The van der Waals surface area contributed by atoms with Gasteiger partial charge >= 0.3 is 6.03 Å². The Hall–Kier alpha value is -2.08. The number of urea groups is 1. The SMILES string of the molecule is CC(C)CNC(=O)CC(C)(C)NCCCNC(=O)Nc1ccccc1. The highest BCUT2D eigenvalue weighted by Crippen LogP contribution is 2.08. The van der Waals surface area contributed by atoms with Gasteiger partial charge in [0.1, 0.15) is 0 Å². The number of benzene rings is 1. The standard InChI is InChI=1S/C19H32N4O2/c1-15(2)14-21-17(24)13-19(3,4)22-12-8-11-20-18(25)23-16-9-6-5-7-10-16/h5-7,9-10,15,22H,8,11-14H2,1-4H3,(H,21,24)(H2,20,23,25). The average molecular weight is 348 g/mol. The second kappa shape index (κ2) is 10.7. The van der Waals surface area contributed by atoms with E-state index in [1.165, 1.54) is 0 Å². The van der Waals surface area contributed by atoms with E-state index in [0.717, 1.165) is 18.7 Å². The van der Waals surface area contributed by atoms with E-state index in [0.29, 0.717) is 25.4 Å².